The van der Waals surface area contributed by atoms with Gasteiger partial charge in [0, 0.05) is 6.04 Å². The Morgan fingerprint density at radius 1 is 1.41 bits per heavy atom. The first-order chi connectivity index (χ1) is 8.20. The molecule has 2 rings (SSSR count). The van der Waals surface area contributed by atoms with E-state index in [2.05, 4.69) is 5.43 Å². The topological polar surface area (TPSA) is 38.0 Å². The van der Waals surface area contributed by atoms with Gasteiger partial charge in [-0.15, -0.1) is 0 Å². The molecule has 0 saturated heterocycles. The molecule has 0 heterocycles. The molecule has 0 amide bonds. The predicted octanol–water partition coefficient (Wildman–Crippen LogP) is 2.70. The zero-order chi connectivity index (χ0) is 12.3. The molecule has 1 aromatic rings. The second kappa shape index (κ2) is 5.61. The van der Waals surface area contributed by atoms with Crippen molar-refractivity contribution in [2.75, 3.05) is 0 Å². The maximum absolute atomic E-state index is 13.0. The first-order valence-electron chi connectivity index (χ1n) is 6.42. The Morgan fingerprint density at radius 3 is 2.71 bits per heavy atom. The van der Waals surface area contributed by atoms with E-state index in [0.29, 0.717) is 12.0 Å². The molecule has 1 unspecified atom stereocenters. The van der Waals surface area contributed by atoms with E-state index >= 15 is 0 Å². The summed E-state index contributed by atoms with van der Waals surface area (Å²) >= 11 is 0. The monoisotopic (exact) mass is 236 g/mol. The summed E-state index contributed by atoms with van der Waals surface area (Å²) in [6, 6.07) is 5.33. The Kier molecular flexibility index (Phi) is 4.13. The molecule has 1 aliphatic carbocycles. The van der Waals surface area contributed by atoms with Crippen LogP contribution >= 0.6 is 0 Å². The van der Waals surface area contributed by atoms with Crippen LogP contribution in [0.1, 0.15) is 36.8 Å². The molecule has 94 valence electrons. The summed E-state index contributed by atoms with van der Waals surface area (Å²) in [5.41, 5.74) is 5.15. The molecule has 3 heteroatoms. The Bertz CT molecular complexity index is 372. The number of benzene rings is 1. The number of halogens is 1. The van der Waals surface area contributed by atoms with Gasteiger partial charge in [-0.05, 0) is 55.4 Å². The number of rotatable bonds is 4. The van der Waals surface area contributed by atoms with Gasteiger partial charge in [0.05, 0.1) is 0 Å². The van der Waals surface area contributed by atoms with Crippen LogP contribution in [0, 0.1) is 18.7 Å². The molecule has 2 nitrogen and oxygen atoms in total. The lowest BCUT2D eigenvalue weighted by molar-refractivity contribution is 0.361. The van der Waals surface area contributed by atoms with Crippen molar-refractivity contribution in [3.63, 3.8) is 0 Å². The summed E-state index contributed by atoms with van der Waals surface area (Å²) < 4.78 is 13.0. The maximum Gasteiger partial charge on any atom is 0.123 e. The minimum atomic E-state index is -0.163. The molecule has 1 aliphatic rings. The molecule has 3 N–H and O–H groups in total. The molecule has 1 atom stereocenters. The Hall–Kier alpha value is -0.930. The van der Waals surface area contributed by atoms with E-state index in [4.69, 9.17) is 5.84 Å². The fraction of sp³-hybridized carbons (Fsp3) is 0.571. The molecule has 0 aliphatic heterocycles. The van der Waals surface area contributed by atoms with Gasteiger partial charge in [0.25, 0.3) is 0 Å². The summed E-state index contributed by atoms with van der Waals surface area (Å²) in [7, 11) is 0. The fourth-order valence-electron chi connectivity index (χ4n) is 2.85. The highest BCUT2D eigenvalue weighted by Gasteiger charge is 2.24. The lowest BCUT2D eigenvalue weighted by Crippen LogP contribution is -2.41. The molecule has 0 radical (unpaired) electrons. The van der Waals surface area contributed by atoms with Crippen LogP contribution < -0.4 is 11.3 Å². The molecule has 0 spiro atoms. The molecule has 1 aromatic carbocycles. The number of nitrogens with one attached hydrogen (secondary N) is 1. The van der Waals surface area contributed by atoms with Crippen LogP contribution in [0.3, 0.4) is 0 Å². The molecule has 0 aromatic heterocycles. The van der Waals surface area contributed by atoms with Crippen molar-refractivity contribution < 1.29 is 4.39 Å². The highest BCUT2D eigenvalue weighted by molar-refractivity contribution is 5.27. The van der Waals surface area contributed by atoms with E-state index in [0.717, 1.165) is 12.0 Å². The second-order valence-electron chi connectivity index (χ2n) is 5.09. The van der Waals surface area contributed by atoms with E-state index in [-0.39, 0.29) is 5.82 Å². The van der Waals surface area contributed by atoms with Gasteiger partial charge >= 0.3 is 0 Å². The van der Waals surface area contributed by atoms with Gasteiger partial charge in [-0.2, -0.15) is 0 Å². The SMILES string of the molecule is Cc1cc(F)ccc1CC(NN)C1CCCC1. The first kappa shape index (κ1) is 12.5. The number of hydrogen-bond acceptors (Lipinski definition) is 2. The lowest BCUT2D eigenvalue weighted by Gasteiger charge is -2.23. The second-order valence-corrected chi connectivity index (χ2v) is 5.09. The highest BCUT2D eigenvalue weighted by Crippen LogP contribution is 2.29. The summed E-state index contributed by atoms with van der Waals surface area (Å²) in [5.74, 6) is 6.16. The Balaban J connectivity index is 2.06. The number of hydrogen-bond donors (Lipinski definition) is 2. The van der Waals surface area contributed by atoms with Crippen LogP contribution in [-0.2, 0) is 6.42 Å². The third-order valence-electron chi connectivity index (χ3n) is 3.93. The average molecular weight is 236 g/mol. The largest absolute Gasteiger partial charge is 0.271 e. The highest BCUT2D eigenvalue weighted by atomic mass is 19.1. The average Bonchev–Trinajstić information content (AvgIpc) is 2.81. The lowest BCUT2D eigenvalue weighted by atomic mass is 9.91. The standard InChI is InChI=1S/C14H21FN2/c1-10-8-13(15)7-6-12(10)9-14(17-16)11-4-2-3-5-11/h6-8,11,14,17H,2-5,9,16H2,1H3. The minimum absolute atomic E-state index is 0.163. The van der Waals surface area contributed by atoms with Gasteiger partial charge in [-0.1, -0.05) is 18.9 Å². The van der Waals surface area contributed by atoms with Crippen LogP contribution in [0.2, 0.25) is 0 Å². The summed E-state index contributed by atoms with van der Waals surface area (Å²) in [6.45, 7) is 1.96. The molecule has 1 fully saturated rings. The van der Waals surface area contributed by atoms with Crippen LogP contribution in [0.4, 0.5) is 4.39 Å². The van der Waals surface area contributed by atoms with Crippen LogP contribution in [0.15, 0.2) is 18.2 Å². The number of aryl methyl sites for hydroxylation is 1. The van der Waals surface area contributed by atoms with Crippen LogP contribution in [0.25, 0.3) is 0 Å². The van der Waals surface area contributed by atoms with Crippen molar-refractivity contribution >= 4 is 0 Å². The van der Waals surface area contributed by atoms with Gasteiger partial charge in [-0.3, -0.25) is 11.3 Å². The molecule has 17 heavy (non-hydrogen) atoms. The smallest absolute Gasteiger partial charge is 0.123 e. The van der Waals surface area contributed by atoms with Crippen molar-refractivity contribution in [2.45, 2.75) is 45.1 Å². The summed E-state index contributed by atoms with van der Waals surface area (Å²) in [5, 5.41) is 0. The zero-order valence-corrected chi connectivity index (χ0v) is 10.4. The van der Waals surface area contributed by atoms with Gasteiger partial charge in [0.15, 0.2) is 0 Å². The predicted molar refractivity (Wildman–Crippen MR) is 67.9 cm³/mol. The minimum Gasteiger partial charge on any atom is -0.271 e. The zero-order valence-electron chi connectivity index (χ0n) is 10.4. The van der Waals surface area contributed by atoms with Gasteiger partial charge in [0.1, 0.15) is 5.82 Å². The van der Waals surface area contributed by atoms with Gasteiger partial charge in [0.2, 0.25) is 0 Å². The quantitative estimate of drug-likeness (QED) is 0.623. The molecular weight excluding hydrogens is 215 g/mol. The van der Waals surface area contributed by atoms with E-state index < -0.39 is 0 Å². The Labute approximate surface area is 102 Å². The normalized spacial score (nSPS) is 18.5. The van der Waals surface area contributed by atoms with Gasteiger partial charge in [-0.25, -0.2) is 4.39 Å². The molecule has 0 bridgehead atoms. The molecular formula is C14H21FN2. The fourth-order valence-corrected chi connectivity index (χ4v) is 2.85. The van der Waals surface area contributed by atoms with Crippen molar-refractivity contribution in [1.82, 2.24) is 5.43 Å². The van der Waals surface area contributed by atoms with Crippen molar-refractivity contribution in [3.05, 3.63) is 35.1 Å². The van der Waals surface area contributed by atoms with Crippen LogP contribution in [-0.4, -0.2) is 6.04 Å². The van der Waals surface area contributed by atoms with E-state index in [1.807, 2.05) is 13.0 Å². The molecule has 1 saturated carbocycles. The van der Waals surface area contributed by atoms with Crippen LogP contribution in [0.5, 0.6) is 0 Å². The third-order valence-corrected chi connectivity index (χ3v) is 3.93. The summed E-state index contributed by atoms with van der Waals surface area (Å²) in [4.78, 5) is 0. The van der Waals surface area contributed by atoms with E-state index in [9.17, 15) is 4.39 Å². The maximum atomic E-state index is 13.0. The van der Waals surface area contributed by atoms with E-state index in [1.54, 1.807) is 6.07 Å². The first-order valence-corrected chi connectivity index (χ1v) is 6.42. The van der Waals surface area contributed by atoms with Crippen molar-refractivity contribution in [2.24, 2.45) is 11.8 Å². The Morgan fingerprint density at radius 2 is 2.12 bits per heavy atom. The van der Waals surface area contributed by atoms with E-state index in [1.165, 1.54) is 37.3 Å². The third kappa shape index (κ3) is 3.05. The summed E-state index contributed by atoms with van der Waals surface area (Å²) in [6.07, 6.45) is 6.04. The number of nitrogens with two attached hydrogens (primary N) is 1. The van der Waals surface area contributed by atoms with Crippen molar-refractivity contribution in [3.8, 4) is 0 Å². The van der Waals surface area contributed by atoms with Crippen molar-refractivity contribution in [1.29, 1.82) is 0 Å². The number of hydrazine groups is 1. The van der Waals surface area contributed by atoms with Gasteiger partial charge < -0.3 is 0 Å².